The number of hydrogen-bond donors (Lipinski definition) is 2. The summed E-state index contributed by atoms with van der Waals surface area (Å²) in [6, 6.07) is 2.70. The number of thiocarbonyl (C=S) groups is 1. The van der Waals surface area contributed by atoms with E-state index in [2.05, 4.69) is 23.9 Å². The van der Waals surface area contributed by atoms with E-state index in [0.717, 1.165) is 30.4 Å². The van der Waals surface area contributed by atoms with Crippen molar-refractivity contribution >= 4 is 46.6 Å². The molecule has 1 unspecified atom stereocenters. The lowest BCUT2D eigenvalue weighted by Gasteiger charge is -2.11. The van der Waals surface area contributed by atoms with Crippen LogP contribution in [0, 0.1) is 26.1 Å². The summed E-state index contributed by atoms with van der Waals surface area (Å²) in [5.41, 5.74) is -1.30. The minimum atomic E-state index is -0.803. The van der Waals surface area contributed by atoms with E-state index in [-0.39, 0.29) is 10.7 Å². The SMILES string of the molecule is CCC(C)CSNC(=S)NC(=O)c1cc([N+](=O)[O-])cc([N+](=O)[O-])c1. The normalized spacial score (nSPS) is 11.4. The highest BCUT2D eigenvalue weighted by Crippen LogP contribution is 2.22. The van der Waals surface area contributed by atoms with Crippen molar-refractivity contribution in [2.45, 2.75) is 20.3 Å². The van der Waals surface area contributed by atoms with Crippen molar-refractivity contribution in [3.8, 4) is 0 Å². The van der Waals surface area contributed by atoms with Crippen LogP contribution in [0.1, 0.15) is 30.6 Å². The summed E-state index contributed by atoms with van der Waals surface area (Å²) in [6.07, 6.45) is 1.01. The monoisotopic (exact) mass is 372 g/mol. The number of nitrogens with one attached hydrogen (secondary N) is 2. The third kappa shape index (κ3) is 6.08. The average molecular weight is 372 g/mol. The molecule has 0 bridgehead atoms. The first-order chi connectivity index (χ1) is 11.2. The van der Waals surface area contributed by atoms with Crippen LogP contribution in [-0.4, -0.2) is 26.6 Å². The lowest BCUT2D eigenvalue weighted by molar-refractivity contribution is -0.394. The Morgan fingerprint density at radius 2 is 1.79 bits per heavy atom. The molecule has 130 valence electrons. The number of carbonyl (C=O) groups excluding carboxylic acids is 1. The molecule has 0 saturated heterocycles. The predicted molar refractivity (Wildman–Crippen MR) is 94.9 cm³/mol. The van der Waals surface area contributed by atoms with Crippen LogP contribution in [0.3, 0.4) is 0 Å². The van der Waals surface area contributed by atoms with Gasteiger partial charge in [0, 0.05) is 17.9 Å². The largest absolute Gasteiger partial charge is 0.307 e. The van der Waals surface area contributed by atoms with Gasteiger partial charge in [0.05, 0.1) is 21.5 Å². The summed E-state index contributed by atoms with van der Waals surface area (Å²) in [5, 5.41) is 24.0. The first kappa shape index (κ1) is 19.8. The molecule has 0 aromatic heterocycles. The van der Waals surface area contributed by atoms with Gasteiger partial charge in [-0.05, 0) is 18.1 Å². The maximum atomic E-state index is 12.1. The van der Waals surface area contributed by atoms with Gasteiger partial charge < -0.3 is 4.72 Å². The van der Waals surface area contributed by atoms with Crippen LogP contribution in [0.15, 0.2) is 18.2 Å². The van der Waals surface area contributed by atoms with Crippen molar-refractivity contribution in [3.63, 3.8) is 0 Å². The predicted octanol–water partition coefficient (Wildman–Crippen LogP) is 2.80. The number of nitro groups is 2. The molecule has 9 nitrogen and oxygen atoms in total. The van der Waals surface area contributed by atoms with Gasteiger partial charge in [0.15, 0.2) is 5.11 Å². The molecule has 1 aromatic rings. The molecule has 11 heteroatoms. The van der Waals surface area contributed by atoms with Crippen molar-refractivity contribution < 1.29 is 14.6 Å². The van der Waals surface area contributed by atoms with Crippen molar-refractivity contribution in [2.24, 2.45) is 5.92 Å². The van der Waals surface area contributed by atoms with Gasteiger partial charge in [-0.15, -0.1) is 0 Å². The Labute approximate surface area is 147 Å². The number of amides is 1. The minimum Gasteiger partial charge on any atom is -0.307 e. The maximum Gasteiger partial charge on any atom is 0.277 e. The van der Waals surface area contributed by atoms with Gasteiger partial charge in [0.25, 0.3) is 17.3 Å². The fourth-order valence-electron chi connectivity index (χ4n) is 1.51. The molecule has 0 fully saturated rings. The molecule has 0 aliphatic heterocycles. The van der Waals surface area contributed by atoms with Crippen molar-refractivity contribution in [3.05, 3.63) is 44.0 Å². The van der Waals surface area contributed by atoms with Gasteiger partial charge in [-0.1, -0.05) is 32.2 Å². The lowest BCUT2D eigenvalue weighted by atomic mass is 10.1. The second kappa shape index (κ2) is 9.13. The van der Waals surface area contributed by atoms with Gasteiger partial charge in [0.2, 0.25) is 0 Å². The maximum absolute atomic E-state index is 12.1. The number of carbonyl (C=O) groups is 1. The van der Waals surface area contributed by atoms with E-state index in [1.54, 1.807) is 0 Å². The Morgan fingerprint density at radius 3 is 2.25 bits per heavy atom. The molecule has 0 saturated carbocycles. The van der Waals surface area contributed by atoms with Crippen LogP contribution >= 0.6 is 24.2 Å². The minimum absolute atomic E-state index is 0.0301. The molecular formula is C13H16N4O5S2. The average Bonchev–Trinajstić information content (AvgIpc) is 2.53. The lowest BCUT2D eigenvalue weighted by Crippen LogP contribution is -2.36. The van der Waals surface area contributed by atoms with Gasteiger partial charge in [0.1, 0.15) is 0 Å². The molecule has 2 N–H and O–H groups in total. The number of non-ortho nitro benzene ring substituents is 2. The zero-order valence-electron chi connectivity index (χ0n) is 13.0. The summed E-state index contributed by atoms with van der Waals surface area (Å²) in [4.78, 5) is 32.1. The zero-order chi connectivity index (χ0) is 18.3. The first-order valence-corrected chi connectivity index (χ1v) is 8.31. The first-order valence-electron chi connectivity index (χ1n) is 6.91. The second-order valence-corrected chi connectivity index (χ2v) is 6.20. The standard InChI is InChI=1S/C13H16N4O5S2/c1-3-8(2)7-24-15-13(23)14-12(18)9-4-10(16(19)20)6-11(5-9)17(21)22/h4-6,8H,3,7H2,1-2H3,(H2,14,15,18,23). The summed E-state index contributed by atoms with van der Waals surface area (Å²) in [5.74, 6) is 0.498. The van der Waals surface area contributed by atoms with Crippen LogP contribution < -0.4 is 10.0 Å². The van der Waals surface area contributed by atoms with Crippen molar-refractivity contribution in [1.82, 2.24) is 10.0 Å². The molecule has 0 aliphatic carbocycles. The number of nitrogens with zero attached hydrogens (tertiary/aromatic N) is 2. The molecular weight excluding hydrogens is 356 g/mol. The van der Waals surface area contributed by atoms with Crippen molar-refractivity contribution in [1.29, 1.82) is 0 Å². The molecule has 1 rings (SSSR count). The summed E-state index contributed by atoms with van der Waals surface area (Å²) >= 11 is 6.28. The highest BCUT2D eigenvalue weighted by Gasteiger charge is 2.20. The molecule has 0 heterocycles. The van der Waals surface area contributed by atoms with Crippen LogP contribution in [0.4, 0.5) is 11.4 Å². The third-order valence-corrected chi connectivity index (χ3v) is 4.46. The summed E-state index contributed by atoms with van der Waals surface area (Å²) < 4.78 is 2.77. The van der Waals surface area contributed by atoms with Crippen LogP contribution in [0.25, 0.3) is 0 Å². The molecule has 0 aliphatic rings. The molecule has 0 radical (unpaired) electrons. The molecule has 0 spiro atoms. The van der Waals surface area contributed by atoms with Crippen molar-refractivity contribution in [2.75, 3.05) is 5.75 Å². The highest BCUT2D eigenvalue weighted by molar-refractivity contribution is 7.98. The van der Waals surface area contributed by atoms with E-state index in [4.69, 9.17) is 12.2 Å². The Bertz CT molecular complexity index is 636. The van der Waals surface area contributed by atoms with E-state index >= 15 is 0 Å². The molecule has 24 heavy (non-hydrogen) atoms. The van der Waals surface area contributed by atoms with E-state index in [1.165, 1.54) is 11.9 Å². The Hall–Kier alpha value is -2.27. The fourth-order valence-corrected chi connectivity index (χ4v) is 2.56. The van der Waals surface area contributed by atoms with Gasteiger partial charge in [-0.25, -0.2) is 0 Å². The third-order valence-electron chi connectivity index (χ3n) is 3.04. The Morgan fingerprint density at radius 1 is 1.25 bits per heavy atom. The number of rotatable bonds is 7. The molecule has 1 aromatic carbocycles. The zero-order valence-corrected chi connectivity index (χ0v) is 14.6. The summed E-state index contributed by atoms with van der Waals surface area (Å²) in [7, 11) is 0. The number of hydrogen-bond acceptors (Lipinski definition) is 7. The van der Waals surface area contributed by atoms with E-state index in [0.29, 0.717) is 5.92 Å². The topological polar surface area (TPSA) is 127 Å². The molecule has 1 atom stereocenters. The van der Waals surface area contributed by atoms with E-state index < -0.39 is 27.1 Å². The Balaban J connectivity index is 2.78. The Kier molecular flexibility index (Phi) is 7.52. The number of nitro benzene ring substituents is 2. The van der Waals surface area contributed by atoms with Crippen LogP contribution in [0.2, 0.25) is 0 Å². The van der Waals surface area contributed by atoms with Crippen LogP contribution in [0.5, 0.6) is 0 Å². The quantitative estimate of drug-likeness (QED) is 0.324. The van der Waals surface area contributed by atoms with E-state index in [1.807, 2.05) is 0 Å². The van der Waals surface area contributed by atoms with Crippen LogP contribution in [-0.2, 0) is 0 Å². The van der Waals surface area contributed by atoms with Gasteiger partial charge >= 0.3 is 0 Å². The number of benzene rings is 1. The smallest absolute Gasteiger partial charge is 0.277 e. The highest BCUT2D eigenvalue weighted by atomic mass is 32.2. The fraction of sp³-hybridized carbons (Fsp3) is 0.385. The van der Waals surface area contributed by atoms with Gasteiger partial charge in [-0.3, -0.25) is 30.3 Å². The second-order valence-electron chi connectivity index (χ2n) is 4.96. The van der Waals surface area contributed by atoms with Gasteiger partial charge in [-0.2, -0.15) is 0 Å². The summed E-state index contributed by atoms with van der Waals surface area (Å²) in [6.45, 7) is 4.12. The molecule has 1 amide bonds. The van der Waals surface area contributed by atoms with E-state index in [9.17, 15) is 25.0 Å².